The summed E-state index contributed by atoms with van der Waals surface area (Å²) in [6.45, 7) is 1.98. The Balaban J connectivity index is 2.43. The van der Waals surface area contributed by atoms with Crippen LogP contribution in [-0.4, -0.2) is 14.5 Å². The zero-order chi connectivity index (χ0) is 15.0. The minimum absolute atomic E-state index is 0.243. The van der Waals surface area contributed by atoms with E-state index in [1.807, 2.05) is 29.7 Å². The molecule has 6 heteroatoms. The summed E-state index contributed by atoms with van der Waals surface area (Å²) < 4.78 is 2.73. The van der Waals surface area contributed by atoms with Gasteiger partial charge in [0, 0.05) is 10.7 Å². The fourth-order valence-corrected chi connectivity index (χ4v) is 2.79. The summed E-state index contributed by atoms with van der Waals surface area (Å²) in [4.78, 5) is 8.97. The van der Waals surface area contributed by atoms with Crippen molar-refractivity contribution >= 4 is 38.7 Å². The lowest BCUT2D eigenvalue weighted by atomic mass is 10.2. The molecular formula is C15H10BrClN4. The smallest absolute Gasteiger partial charge is 0.165 e. The first-order valence-electron chi connectivity index (χ1n) is 6.24. The minimum atomic E-state index is 0.243. The van der Waals surface area contributed by atoms with Gasteiger partial charge in [0.25, 0.3) is 0 Å². The van der Waals surface area contributed by atoms with Gasteiger partial charge in [-0.1, -0.05) is 15.9 Å². The van der Waals surface area contributed by atoms with Crippen molar-refractivity contribution in [3.63, 3.8) is 0 Å². The number of fused-ring (bicyclic) bond motifs is 1. The van der Waals surface area contributed by atoms with Gasteiger partial charge in [-0.2, -0.15) is 5.26 Å². The lowest BCUT2D eigenvalue weighted by molar-refractivity contribution is 0.965. The maximum Gasteiger partial charge on any atom is 0.165 e. The highest BCUT2D eigenvalue weighted by Crippen LogP contribution is 2.27. The second-order valence-electron chi connectivity index (χ2n) is 4.57. The molecule has 0 aliphatic heterocycles. The number of halogens is 2. The summed E-state index contributed by atoms with van der Waals surface area (Å²) in [5.41, 5.74) is 3.81. The Labute approximate surface area is 135 Å². The average Bonchev–Trinajstić information content (AvgIpc) is 2.87. The molecule has 0 atom stereocenters. The molecule has 0 aliphatic carbocycles. The van der Waals surface area contributed by atoms with Crippen LogP contribution in [0.15, 0.2) is 34.9 Å². The number of benzene rings is 1. The van der Waals surface area contributed by atoms with Gasteiger partial charge >= 0.3 is 0 Å². The Morgan fingerprint density at radius 3 is 2.90 bits per heavy atom. The molecule has 0 unspecified atom stereocenters. The van der Waals surface area contributed by atoms with E-state index in [0.717, 1.165) is 21.2 Å². The van der Waals surface area contributed by atoms with E-state index < -0.39 is 0 Å². The first-order valence-corrected chi connectivity index (χ1v) is 7.57. The molecule has 0 radical (unpaired) electrons. The van der Waals surface area contributed by atoms with E-state index in [2.05, 4.69) is 32.0 Å². The summed E-state index contributed by atoms with van der Waals surface area (Å²) in [5.74, 6) is 0.913. The van der Waals surface area contributed by atoms with E-state index >= 15 is 0 Å². The van der Waals surface area contributed by atoms with Crippen molar-refractivity contribution in [2.24, 2.45) is 0 Å². The van der Waals surface area contributed by atoms with Crippen LogP contribution in [0.2, 0.25) is 0 Å². The van der Waals surface area contributed by atoms with Crippen molar-refractivity contribution < 1.29 is 0 Å². The summed E-state index contributed by atoms with van der Waals surface area (Å²) in [6.07, 6.45) is 1.73. The molecule has 21 heavy (non-hydrogen) atoms. The third kappa shape index (κ3) is 2.31. The van der Waals surface area contributed by atoms with Crippen LogP contribution >= 0.6 is 27.5 Å². The predicted octanol–water partition coefficient (Wildman–Crippen LogP) is 4.10. The first kappa shape index (κ1) is 14.1. The molecule has 4 nitrogen and oxygen atoms in total. The van der Waals surface area contributed by atoms with Crippen LogP contribution < -0.4 is 0 Å². The van der Waals surface area contributed by atoms with Gasteiger partial charge in [0.15, 0.2) is 5.65 Å². The van der Waals surface area contributed by atoms with E-state index in [-0.39, 0.29) is 5.88 Å². The van der Waals surface area contributed by atoms with Crippen LogP contribution in [0.1, 0.15) is 17.0 Å². The van der Waals surface area contributed by atoms with E-state index in [4.69, 9.17) is 11.6 Å². The number of alkyl halides is 1. The molecule has 1 aromatic carbocycles. The highest BCUT2D eigenvalue weighted by Gasteiger charge is 2.17. The van der Waals surface area contributed by atoms with Crippen molar-refractivity contribution in [2.45, 2.75) is 12.8 Å². The largest absolute Gasteiger partial charge is 0.278 e. The van der Waals surface area contributed by atoms with Crippen LogP contribution in [0.4, 0.5) is 0 Å². The number of imidazole rings is 1. The lowest BCUT2D eigenvalue weighted by Crippen LogP contribution is -2.03. The molecule has 0 spiro atoms. The summed E-state index contributed by atoms with van der Waals surface area (Å²) in [5, 5.41) is 9.35. The molecule has 0 saturated carbocycles. The SMILES string of the molecule is Cc1ccnc2c1nc(CCl)n2-c1cc(Br)ccc1C#N. The number of hydrogen-bond acceptors (Lipinski definition) is 3. The summed E-state index contributed by atoms with van der Waals surface area (Å²) >= 11 is 9.47. The van der Waals surface area contributed by atoms with E-state index in [1.54, 1.807) is 12.3 Å². The Bertz CT molecular complexity index is 879. The molecule has 2 aromatic heterocycles. The summed E-state index contributed by atoms with van der Waals surface area (Å²) in [7, 11) is 0. The molecular weight excluding hydrogens is 352 g/mol. The molecule has 2 heterocycles. The van der Waals surface area contributed by atoms with Crippen LogP contribution in [0.25, 0.3) is 16.9 Å². The van der Waals surface area contributed by atoms with E-state index in [9.17, 15) is 5.26 Å². The van der Waals surface area contributed by atoms with Gasteiger partial charge < -0.3 is 0 Å². The normalized spacial score (nSPS) is 10.8. The van der Waals surface area contributed by atoms with Gasteiger partial charge in [0.05, 0.1) is 17.1 Å². The summed E-state index contributed by atoms with van der Waals surface area (Å²) in [6, 6.07) is 9.58. The van der Waals surface area contributed by atoms with Gasteiger partial charge in [-0.25, -0.2) is 9.97 Å². The zero-order valence-electron chi connectivity index (χ0n) is 11.1. The Kier molecular flexibility index (Phi) is 3.66. The third-order valence-electron chi connectivity index (χ3n) is 3.26. The molecule has 0 amide bonds. The van der Waals surface area contributed by atoms with Gasteiger partial charge in [-0.15, -0.1) is 11.6 Å². The number of nitriles is 1. The topological polar surface area (TPSA) is 54.5 Å². The second-order valence-corrected chi connectivity index (χ2v) is 5.75. The maximum atomic E-state index is 9.35. The second kappa shape index (κ2) is 5.47. The molecule has 0 saturated heterocycles. The van der Waals surface area contributed by atoms with Crippen molar-refractivity contribution in [1.29, 1.82) is 5.26 Å². The van der Waals surface area contributed by atoms with Gasteiger partial charge in [0.2, 0.25) is 0 Å². The average molecular weight is 362 g/mol. The van der Waals surface area contributed by atoms with Gasteiger partial charge in [-0.05, 0) is 36.8 Å². The van der Waals surface area contributed by atoms with Crippen LogP contribution in [0.3, 0.4) is 0 Å². The van der Waals surface area contributed by atoms with Crippen molar-refractivity contribution in [3.05, 3.63) is 51.9 Å². The minimum Gasteiger partial charge on any atom is -0.278 e. The molecule has 104 valence electrons. The van der Waals surface area contributed by atoms with Crippen LogP contribution in [-0.2, 0) is 5.88 Å². The van der Waals surface area contributed by atoms with E-state index in [1.165, 1.54) is 0 Å². The maximum absolute atomic E-state index is 9.35. The highest BCUT2D eigenvalue weighted by molar-refractivity contribution is 9.10. The van der Waals surface area contributed by atoms with Crippen molar-refractivity contribution in [3.8, 4) is 11.8 Å². The molecule has 0 bridgehead atoms. The Morgan fingerprint density at radius 1 is 1.38 bits per heavy atom. The standard InChI is InChI=1S/C15H10BrClN4/c1-9-4-5-19-15-14(9)20-13(7-17)21(15)12-6-11(16)3-2-10(12)8-18/h2-6H,7H2,1H3. The van der Waals surface area contributed by atoms with Gasteiger partial charge in [-0.3, -0.25) is 4.57 Å². The predicted molar refractivity (Wildman–Crippen MR) is 85.6 cm³/mol. The molecule has 0 fully saturated rings. The zero-order valence-corrected chi connectivity index (χ0v) is 13.5. The van der Waals surface area contributed by atoms with Crippen LogP contribution in [0, 0.1) is 18.3 Å². The van der Waals surface area contributed by atoms with Gasteiger partial charge in [0.1, 0.15) is 17.4 Å². The Hall–Kier alpha value is -1.90. The number of rotatable bonds is 2. The fraction of sp³-hybridized carbons (Fsp3) is 0.133. The highest BCUT2D eigenvalue weighted by atomic mass is 79.9. The monoisotopic (exact) mass is 360 g/mol. The van der Waals surface area contributed by atoms with Crippen LogP contribution in [0.5, 0.6) is 0 Å². The fourth-order valence-electron chi connectivity index (χ4n) is 2.27. The third-order valence-corrected chi connectivity index (χ3v) is 3.99. The van der Waals surface area contributed by atoms with Crippen molar-refractivity contribution in [1.82, 2.24) is 14.5 Å². The number of hydrogen-bond donors (Lipinski definition) is 0. The molecule has 3 aromatic rings. The van der Waals surface area contributed by atoms with Crippen molar-refractivity contribution in [2.75, 3.05) is 0 Å². The molecule has 0 aliphatic rings. The lowest BCUT2D eigenvalue weighted by Gasteiger charge is -2.09. The first-order chi connectivity index (χ1) is 10.2. The number of aromatic nitrogens is 3. The number of nitrogens with zero attached hydrogens (tertiary/aromatic N) is 4. The molecule has 0 N–H and O–H groups in total. The number of aryl methyl sites for hydroxylation is 1. The Morgan fingerprint density at radius 2 is 2.19 bits per heavy atom. The number of pyridine rings is 1. The van der Waals surface area contributed by atoms with E-state index in [0.29, 0.717) is 17.0 Å². The quantitative estimate of drug-likeness (QED) is 0.646. The molecule has 3 rings (SSSR count).